The van der Waals surface area contributed by atoms with Gasteiger partial charge in [0.05, 0.1) is 19.6 Å². The van der Waals surface area contributed by atoms with E-state index in [0.29, 0.717) is 6.61 Å². The molecule has 8 heteroatoms. The molecular formula is C8H18N2O5S. The molecular weight excluding hydrogens is 236 g/mol. The van der Waals surface area contributed by atoms with Crippen LogP contribution in [0.3, 0.4) is 0 Å². The van der Waals surface area contributed by atoms with Crippen molar-refractivity contribution in [2.24, 2.45) is 0 Å². The predicted molar refractivity (Wildman–Crippen MR) is 58.1 cm³/mol. The Labute approximate surface area is 95.7 Å². The zero-order valence-corrected chi connectivity index (χ0v) is 10.3. The molecule has 0 atom stereocenters. The summed E-state index contributed by atoms with van der Waals surface area (Å²) in [5.74, 6) is -0.429. The number of nitrogens with one attached hydrogen (secondary N) is 2. The summed E-state index contributed by atoms with van der Waals surface area (Å²) in [7, 11) is -2.08. The second kappa shape index (κ2) is 8.45. The van der Waals surface area contributed by atoms with Crippen LogP contribution in [0.5, 0.6) is 0 Å². The third-order valence-electron chi connectivity index (χ3n) is 1.52. The molecule has 0 aliphatic heterocycles. The predicted octanol–water partition coefficient (Wildman–Crippen LogP) is -0.990. The topological polar surface area (TPSA) is 93.7 Å². The molecule has 0 saturated heterocycles. The minimum absolute atomic E-state index is 0.0129. The SMILES string of the molecule is CCOC(=O)CCNS(=O)(=O)NCCOC. The quantitative estimate of drug-likeness (QED) is 0.407. The number of rotatable bonds is 9. The van der Waals surface area contributed by atoms with Crippen molar-refractivity contribution in [1.82, 2.24) is 9.44 Å². The Morgan fingerprint density at radius 1 is 1.25 bits per heavy atom. The van der Waals surface area contributed by atoms with Gasteiger partial charge in [-0.05, 0) is 6.92 Å². The number of esters is 1. The number of methoxy groups -OCH3 is 1. The lowest BCUT2D eigenvalue weighted by Crippen LogP contribution is -2.39. The molecule has 0 aromatic rings. The van der Waals surface area contributed by atoms with Gasteiger partial charge in [0.2, 0.25) is 0 Å². The van der Waals surface area contributed by atoms with Crippen molar-refractivity contribution in [1.29, 1.82) is 0 Å². The monoisotopic (exact) mass is 254 g/mol. The van der Waals surface area contributed by atoms with Crippen LogP contribution in [0.15, 0.2) is 0 Å². The number of hydrogen-bond donors (Lipinski definition) is 2. The van der Waals surface area contributed by atoms with Crippen molar-refractivity contribution in [2.45, 2.75) is 13.3 Å². The number of hydrogen-bond acceptors (Lipinski definition) is 5. The van der Waals surface area contributed by atoms with Gasteiger partial charge in [0.1, 0.15) is 0 Å². The maximum Gasteiger partial charge on any atom is 0.307 e. The number of carbonyl (C=O) groups excluding carboxylic acids is 1. The van der Waals surface area contributed by atoms with Crippen molar-refractivity contribution in [3.8, 4) is 0 Å². The highest BCUT2D eigenvalue weighted by Crippen LogP contribution is 1.86. The highest BCUT2D eigenvalue weighted by Gasteiger charge is 2.09. The van der Waals surface area contributed by atoms with E-state index in [0.717, 1.165) is 0 Å². The fraction of sp³-hybridized carbons (Fsp3) is 0.875. The average Bonchev–Trinajstić information content (AvgIpc) is 2.18. The Kier molecular flexibility index (Phi) is 8.08. The van der Waals surface area contributed by atoms with Gasteiger partial charge in [-0.3, -0.25) is 4.79 Å². The van der Waals surface area contributed by atoms with E-state index >= 15 is 0 Å². The zero-order chi connectivity index (χ0) is 12.4. The molecule has 0 aromatic heterocycles. The summed E-state index contributed by atoms with van der Waals surface area (Å²) in [6, 6.07) is 0. The van der Waals surface area contributed by atoms with Crippen LogP contribution in [0.4, 0.5) is 0 Å². The van der Waals surface area contributed by atoms with Crippen LogP contribution in [0.1, 0.15) is 13.3 Å². The Morgan fingerprint density at radius 3 is 2.44 bits per heavy atom. The largest absolute Gasteiger partial charge is 0.466 e. The second-order valence-electron chi connectivity index (χ2n) is 2.84. The van der Waals surface area contributed by atoms with Gasteiger partial charge in [0, 0.05) is 20.2 Å². The summed E-state index contributed by atoms with van der Waals surface area (Å²) < 4.78 is 36.2. The minimum Gasteiger partial charge on any atom is -0.466 e. The smallest absolute Gasteiger partial charge is 0.307 e. The molecule has 0 amide bonds. The van der Waals surface area contributed by atoms with E-state index in [2.05, 4.69) is 18.9 Å². The molecule has 96 valence electrons. The molecule has 0 aliphatic rings. The van der Waals surface area contributed by atoms with Gasteiger partial charge in [-0.25, -0.2) is 4.72 Å². The molecule has 7 nitrogen and oxygen atoms in total. The van der Waals surface area contributed by atoms with E-state index in [1.165, 1.54) is 7.11 Å². The van der Waals surface area contributed by atoms with Gasteiger partial charge >= 0.3 is 5.97 Å². The van der Waals surface area contributed by atoms with Crippen LogP contribution in [-0.2, 0) is 24.5 Å². The molecule has 0 radical (unpaired) electrons. The van der Waals surface area contributed by atoms with Crippen LogP contribution in [-0.4, -0.2) is 47.8 Å². The van der Waals surface area contributed by atoms with Crippen LogP contribution in [0.2, 0.25) is 0 Å². The standard InChI is InChI=1S/C8H18N2O5S/c1-3-15-8(11)4-5-9-16(12,13)10-6-7-14-2/h9-10H,3-7H2,1-2H3. The zero-order valence-electron chi connectivity index (χ0n) is 9.49. The molecule has 16 heavy (non-hydrogen) atoms. The fourth-order valence-electron chi connectivity index (χ4n) is 0.850. The van der Waals surface area contributed by atoms with Gasteiger partial charge in [0.25, 0.3) is 10.2 Å². The van der Waals surface area contributed by atoms with Crippen LogP contribution >= 0.6 is 0 Å². The summed E-state index contributed by atoms with van der Waals surface area (Å²) in [5, 5.41) is 0. The molecule has 0 unspecified atom stereocenters. The number of ether oxygens (including phenoxy) is 2. The molecule has 0 bridgehead atoms. The minimum atomic E-state index is -3.55. The van der Waals surface area contributed by atoms with Crippen molar-refractivity contribution in [2.75, 3.05) is 33.4 Å². The van der Waals surface area contributed by atoms with E-state index < -0.39 is 16.2 Å². The number of carbonyl (C=O) groups is 1. The molecule has 2 N–H and O–H groups in total. The molecule has 0 fully saturated rings. The normalized spacial score (nSPS) is 11.4. The van der Waals surface area contributed by atoms with Gasteiger partial charge in [-0.2, -0.15) is 13.1 Å². The molecule has 0 saturated carbocycles. The highest BCUT2D eigenvalue weighted by molar-refractivity contribution is 7.87. The second-order valence-corrected chi connectivity index (χ2v) is 4.42. The van der Waals surface area contributed by atoms with E-state index in [1.54, 1.807) is 6.92 Å². The molecule has 0 rings (SSSR count). The molecule has 0 aromatic carbocycles. The maximum absolute atomic E-state index is 11.2. The lowest BCUT2D eigenvalue weighted by molar-refractivity contribution is -0.142. The third-order valence-corrected chi connectivity index (χ3v) is 2.69. The van der Waals surface area contributed by atoms with E-state index in [4.69, 9.17) is 0 Å². The van der Waals surface area contributed by atoms with Crippen molar-refractivity contribution >= 4 is 16.2 Å². The van der Waals surface area contributed by atoms with Crippen LogP contribution in [0.25, 0.3) is 0 Å². The first kappa shape index (κ1) is 15.3. The third kappa shape index (κ3) is 8.60. The Morgan fingerprint density at radius 2 is 1.88 bits per heavy atom. The Bertz CT molecular complexity index is 291. The van der Waals surface area contributed by atoms with Crippen molar-refractivity contribution in [3.05, 3.63) is 0 Å². The Balaban J connectivity index is 3.69. The molecule has 0 spiro atoms. The van der Waals surface area contributed by atoms with Gasteiger partial charge in [0.15, 0.2) is 0 Å². The summed E-state index contributed by atoms with van der Waals surface area (Å²) >= 11 is 0. The van der Waals surface area contributed by atoms with Crippen molar-refractivity contribution < 1.29 is 22.7 Å². The lowest BCUT2D eigenvalue weighted by Gasteiger charge is -2.07. The summed E-state index contributed by atoms with van der Waals surface area (Å²) in [6.07, 6.45) is 0.0129. The van der Waals surface area contributed by atoms with E-state index in [1.807, 2.05) is 0 Å². The fourth-order valence-corrected chi connectivity index (χ4v) is 1.67. The lowest BCUT2D eigenvalue weighted by atomic mass is 10.4. The maximum atomic E-state index is 11.2. The van der Waals surface area contributed by atoms with Gasteiger partial charge < -0.3 is 9.47 Å². The summed E-state index contributed by atoms with van der Waals surface area (Å²) in [4.78, 5) is 10.9. The van der Waals surface area contributed by atoms with E-state index in [9.17, 15) is 13.2 Å². The first-order chi connectivity index (χ1) is 7.52. The highest BCUT2D eigenvalue weighted by atomic mass is 32.2. The first-order valence-electron chi connectivity index (χ1n) is 4.90. The van der Waals surface area contributed by atoms with E-state index in [-0.39, 0.29) is 26.1 Å². The van der Waals surface area contributed by atoms with Crippen molar-refractivity contribution in [3.63, 3.8) is 0 Å². The van der Waals surface area contributed by atoms with Gasteiger partial charge in [-0.1, -0.05) is 0 Å². The Hall–Kier alpha value is -0.700. The first-order valence-corrected chi connectivity index (χ1v) is 6.39. The summed E-state index contributed by atoms with van der Waals surface area (Å²) in [6.45, 7) is 2.47. The molecule has 0 aliphatic carbocycles. The van der Waals surface area contributed by atoms with Gasteiger partial charge in [-0.15, -0.1) is 0 Å². The molecule has 0 heterocycles. The average molecular weight is 254 g/mol. The summed E-state index contributed by atoms with van der Waals surface area (Å²) in [5.41, 5.74) is 0. The van der Waals surface area contributed by atoms with Crippen LogP contribution in [0, 0.1) is 0 Å². The van der Waals surface area contributed by atoms with Crippen LogP contribution < -0.4 is 9.44 Å².